The Morgan fingerprint density at radius 3 is 2.47 bits per heavy atom. The monoisotopic (exact) mass is 366 g/mol. The Kier molecular flexibility index (Phi) is 3.30. The van der Waals surface area contributed by atoms with Crippen LogP contribution in [-0.2, 0) is 10.0 Å². The SMILES string of the molecule is CN1C(=O)NC(c2ccc(I)cc2)CS1(=O)=O. The van der Waals surface area contributed by atoms with Crippen molar-refractivity contribution in [1.82, 2.24) is 9.62 Å². The zero-order chi connectivity index (χ0) is 12.6. The van der Waals surface area contributed by atoms with Crippen LogP contribution in [0.3, 0.4) is 0 Å². The summed E-state index contributed by atoms with van der Waals surface area (Å²) in [6, 6.07) is 6.36. The molecule has 1 aromatic carbocycles. The number of halogens is 1. The fourth-order valence-electron chi connectivity index (χ4n) is 1.61. The highest BCUT2D eigenvalue weighted by atomic mass is 127. The second-order valence-electron chi connectivity index (χ2n) is 3.80. The molecule has 5 nitrogen and oxygen atoms in total. The second-order valence-corrected chi connectivity index (χ2v) is 7.09. The van der Waals surface area contributed by atoms with E-state index in [0.29, 0.717) is 0 Å². The van der Waals surface area contributed by atoms with E-state index in [2.05, 4.69) is 27.9 Å². The van der Waals surface area contributed by atoms with E-state index in [-0.39, 0.29) is 5.75 Å². The van der Waals surface area contributed by atoms with Crippen LogP contribution in [0.5, 0.6) is 0 Å². The quantitative estimate of drug-likeness (QED) is 0.763. The van der Waals surface area contributed by atoms with Crippen molar-refractivity contribution in [2.45, 2.75) is 6.04 Å². The van der Waals surface area contributed by atoms with Crippen molar-refractivity contribution in [3.8, 4) is 0 Å². The lowest BCUT2D eigenvalue weighted by molar-refractivity contribution is 0.221. The predicted octanol–water partition coefficient (Wildman–Crippen LogP) is 1.32. The molecule has 1 fully saturated rings. The summed E-state index contributed by atoms with van der Waals surface area (Å²) in [6.45, 7) is 0. The van der Waals surface area contributed by atoms with Gasteiger partial charge in [-0.3, -0.25) is 0 Å². The van der Waals surface area contributed by atoms with Gasteiger partial charge in [0.1, 0.15) is 0 Å². The predicted molar refractivity (Wildman–Crippen MR) is 72.0 cm³/mol. The maximum absolute atomic E-state index is 11.7. The summed E-state index contributed by atoms with van der Waals surface area (Å²) in [7, 11) is -2.24. The van der Waals surface area contributed by atoms with Crippen LogP contribution in [0.2, 0.25) is 0 Å². The molecule has 92 valence electrons. The first-order valence-corrected chi connectivity index (χ1v) is 7.61. The fourth-order valence-corrected chi connectivity index (χ4v) is 3.19. The fraction of sp³-hybridized carbons (Fsp3) is 0.300. The molecule has 0 saturated carbocycles. The third-order valence-corrected chi connectivity index (χ3v) is 5.12. The van der Waals surface area contributed by atoms with E-state index in [4.69, 9.17) is 0 Å². The second kappa shape index (κ2) is 4.45. The molecule has 1 aliphatic heterocycles. The maximum Gasteiger partial charge on any atom is 0.331 e. The summed E-state index contributed by atoms with van der Waals surface area (Å²) in [5, 5.41) is 2.66. The first-order chi connectivity index (χ1) is 7.90. The van der Waals surface area contributed by atoms with E-state index in [9.17, 15) is 13.2 Å². The molecule has 2 rings (SSSR count). The summed E-state index contributed by atoms with van der Waals surface area (Å²) < 4.78 is 25.2. The molecule has 1 saturated heterocycles. The van der Waals surface area contributed by atoms with Crippen LogP contribution in [0.15, 0.2) is 24.3 Å². The molecule has 0 bridgehead atoms. The number of nitrogens with zero attached hydrogens (tertiary/aromatic N) is 1. The Bertz CT molecular complexity index is 541. The lowest BCUT2D eigenvalue weighted by atomic mass is 10.1. The first kappa shape index (κ1) is 12.6. The summed E-state index contributed by atoms with van der Waals surface area (Å²) in [6.07, 6.45) is 0. The topological polar surface area (TPSA) is 66.5 Å². The van der Waals surface area contributed by atoms with E-state index in [1.54, 1.807) is 0 Å². The molecule has 1 unspecified atom stereocenters. The summed E-state index contributed by atoms with van der Waals surface area (Å²) >= 11 is 2.17. The molecule has 7 heteroatoms. The van der Waals surface area contributed by atoms with E-state index < -0.39 is 22.1 Å². The van der Waals surface area contributed by atoms with Crippen molar-refractivity contribution in [3.05, 3.63) is 33.4 Å². The van der Waals surface area contributed by atoms with Crippen LogP contribution in [-0.4, -0.2) is 31.6 Å². The molecule has 17 heavy (non-hydrogen) atoms. The average Bonchev–Trinajstić information content (AvgIpc) is 2.26. The molecule has 1 heterocycles. The standard InChI is InChI=1S/C10H11IN2O3S/c1-13-10(14)12-9(6-17(13,15)16)7-2-4-8(11)5-3-7/h2-5,9H,6H2,1H3,(H,12,14). The van der Waals surface area contributed by atoms with Gasteiger partial charge in [0, 0.05) is 10.6 Å². The van der Waals surface area contributed by atoms with E-state index >= 15 is 0 Å². The number of amides is 2. The molecular weight excluding hydrogens is 355 g/mol. The van der Waals surface area contributed by atoms with Gasteiger partial charge in [0.15, 0.2) is 0 Å². The first-order valence-electron chi connectivity index (χ1n) is 4.93. The van der Waals surface area contributed by atoms with Gasteiger partial charge in [0.2, 0.25) is 10.0 Å². The van der Waals surface area contributed by atoms with Crippen molar-refractivity contribution < 1.29 is 13.2 Å². The van der Waals surface area contributed by atoms with Gasteiger partial charge in [-0.15, -0.1) is 0 Å². The molecule has 0 spiro atoms. The number of benzene rings is 1. The van der Waals surface area contributed by atoms with Gasteiger partial charge in [-0.1, -0.05) is 12.1 Å². The Balaban J connectivity index is 2.30. The van der Waals surface area contributed by atoms with Gasteiger partial charge in [0.05, 0.1) is 11.8 Å². The van der Waals surface area contributed by atoms with Crippen molar-refractivity contribution in [2.75, 3.05) is 12.8 Å². The Labute approximate surface area is 113 Å². The molecule has 1 aliphatic rings. The van der Waals surface area contributed by atoms with E-state index in [1.165, 1.54) is 7.05 Å². The third-order valence-electron chi connectivity index (χ3n) is 2.65. The normalized spacial score (nSPS) is 23.3. The summed E-state index contributed by atoms with van der Waals surface area (Å²) in [5.41, 5.74) is 0.801. The van der Waals surface area contributed by atoms with Crippen LogP contribution in [0.1, 0.15) is 11.6 Å². The minimum absolute atomic E-state index is 0.101. The van der Waals surface area contributed by atoms with Crippen molar-refractivity contribution in [1.29, 1.82) is 0 Å². The smallest absolute Gasteiger partial charge is 0.329 e. The Morgan fingerprint density at radius 1 is 1.35 bits per heavy atom. The number of carbonyl (C=O) groups excluding carboxylic acids is 1. The number of nitrogens with one attached hydrogen (secondary N) is 1. The number of rotatable bonds is 1. The number of urea groups is 1. The zero-order valence-electron chi connectivity index (χ0n) is 9.05. The Morgan fingerprint density at radius 2 is 1.94 bits per heavy atom. The van der Waals surface area contributed by atoms with Crippen LogP contribution in [0.4, 0.5) is 4.79 Å². The molecular formula is C10H11IN2O3S. The molecule has 2 amide bonds. The van der Waals surface area contributed by atoms with Gasteiger partial charge in [-0.05, 0) is 40.3 Å². The number of sulfonamides is 1. The van der Waals surface area contributed by atoms with Gasteiger partial charge >= 0.3 is 6.03 Å². The molecule has 1 N–H and O–H groups in total. The van der Waals surface area contributed by atoms with Gasteiger partial charge in [-0.2, -0.15) is 0 Å². The molecule has 0 aromatic heterocycles. The number of carbonyl (C=O) groups is 1. The van der Waals surface area contributed by atoms with Crippen molar-refractivity contribution in [3.63, 3.8) is 0 Å². The minimum Gasteiger partial charge on any atom is -0.329 e. The van der Waals surface area contributed by atoms with Gasteiger partial charge < -0.3 is 5.32 Å². The van der Waals surface area contributed by atoms with Crippen LogP contribution < -0.4 is 5.32 Å². The minimum atomic E-state index is -3.50. The highest BCUT2D eigenvalue weighted by Gasteiger charge is 2.34. The van der Waals surface area contributed by atoms with Crippen LogP contribution >= 0.6 is 22.6 Å². The average molecular weight is 366 g/mol. The highest BCUT2D eigenvalue weighted by molar-refractivity contribution is 14.1. The largest absolute Gasteiger partial charge is 0.331 e. The lowest BCUT2D eigenvalue weighted by Gasteiger charge is -2.30. The Hall–Kier alpha value is -0.830. The molecule has 0 radical (unpaired) electrons. The van der Waals surface area contributed by atoms with E-state index in [1.807, 2.05) is 24.3 Å². The van der Waals surface area contributed by atoms with Crippen LogP contribution in [0, 0.1) is 3.57 Å². The summed E-state index contributed by atoms with van der Waals surface area (Å²) in [4.78, 5) is 11.5. The third kappa shape index (κ3) is 2.54. The van der Waals surface area contributed by atoms with Crippen molar-refractivity contribution >= 4 is 38.6 Å². The summed E-state index contributed by atoms with van der Waals surface area (Å²) in [5.74, 6) is -0.101. The highest BCUT2D eigenvalue weighted by Crippen LogP contribution is 2.22. The molecule has 1 atom stereocenters. The van der Waals surface area contributed by atoms with Gasteiger partial charge in [0.25, 0.3) is 0 Å². The van der Waals surface area contributed by atoms with Gasteiger partial charge in [-0.25, -0.2) is 17.5 Å². The number of hydrogen-bond donors (Lipinski definition) is 1. The maximum atomic E-state index is 11.7. The molecule has 1 aromatic rings. The lowest BCUT2D eigenvalue weighted by Crippen LogP contribution is -2.51. The molecule has 0 aliphatic carbocycles. The van der Waals surface area contributed by atoms with E-state index in [0.717, 1.165) is 13.4 Å². The van der Waals surface area contributed by atoms with Crippen LogP contribution in [0.25, 0.3) is 0 Å². The van der Waals surface area contributed by atoms with Crippen molar-refractivity contribution in [2.24, 2.45) is 0 Å². The number of hydrogen-bond acceptors (Lipinski definition) is 3. The zero-order valence-corrected chi connectivity index (χ0v) is 12.0.